The number of anilines is 1. The number of nitrogens with one attached hydrogen (secondary N) is 2. The molecule has 5 nitrogen and oxygen atoms in total. The summed E-state index contributed by atoms with van der Waals surface area (Å²) in [6.07, 6.45) is 0. The van der Waals surface area contributed by atoms with Crippen molar-refractivity contribution < 1.29 is 17.5 Å². The van der Waals surface area contributed by atoms with E-state index < -0.39 is 10.0 Å². The van der Waals surface area contributed by atoms with Crippen molar-refractivity contribution in [3.63, 3.8) is 0 Å². The molecule has 1 aromatic heterocycles. The topological polar surface area (TPSA) is 71.2 Å². The quantitative estimate of drug-likeness (QED) is 0.460. The van der Waals surface area contributed by atoms with E-state index in [4.69, 9.17) is 4.74 Å². The van der Waals surface area contributed by atoms with Gasteiger partial charge in [0.05, 0.1) is 11.5 Å². The van der Waals surface area contributed by atoms with Crippen LogP contribution in [0.15, 0.2) is 77.7 Å². The van der Waals surface area contributed by atoms with Crippen LogP contribution in [-0.2, 0) is 10.0 Å². The maximum Gasteiger partial charge on any atom is 0.261 e. The summed E-state index contributed by atoms with van der Waals surface area (Å²) in [6.45, 7) is 2.38. The number of fused-ring (bicyclic) bond motifs is 1. The number of halogens is 1. The molecule has 7 heteroatoms. The summed E-state index contributed by atoms with van der Waals surface area (Å²) in [6, 6.07) is 19.6. The maximum absolute atomic E-state index is 13.4. The van der Waals surface area contributed by atoms with Gasteiger partial charge in [0.25, 0.3) is 10.0 Å². The first kappa shape index (κ1) is 19.0. The second-order valence-electron chi connectivity index (χ2n) is 6.51. The molecule has 0 fully saturated rings. The number of hydrogen-bond acceptors (Lipinski definition) is 3. The minimum absolute atomic E-state index is 0.146. The van der Waals surface area contributed by atoms with Gasteiger partial charge in [0.2, 0.25) is 0 Å². The van der Waals surface area contributed by atoms with E-state index >= 15 is 0 Å². The molecule has 4 aromatic rings. The van der Waals surface area contributed by atoms with Crippen LogP contribution >= 0.6 is 0 Å². The number of rotatable bonds is 6. The molecule has 0 aliphatic carbocycles. The van der Waals surface area contributed by atoms with Crippen LogP contribution in [0.25, 0.3) is 22.2 Å². The van der Waals surface area contributed by atoms with Crippen molar-refractivity contribution >= 4 is 26.6 Å². The van der Waals surface area contributed by atoms with E-state index in [1.165, 1.54) is 24.3 Å². The second-order valence-corrected chi connectivity index (χ2v) is 8.19. The van der Waals surface area contributed by atoms with E-state index in [1.54, 1.807) is 36.4 Å². The van der Waals surface area contributed by atoms with Crippen molar-refractivity contribution in [3.8, 4) is 17.0 Å². The summed E-state index contributed by atoms with van der Waals surface area (Å²) in [4.78, 5) is 3.37. The number of aromatic nitrogens is 1. The molecule has 0 unspecified atom stereocenters. The molecule has 4 rings (SSSR count). The first-order chi connectivity index (χ1) is 13.9. The third-order valence-corrected chi connectivity index (χ3v) is 5.85. The molecule has 148 valence electrons. The zero-order chi connectivity index (χ0) is 20.4. The summed E-state index contributed by atoms with van der Waals surface area (Å²) >= 11 is 0. The zero-order valence-corrected chi connectivity index (χ0v) is 16.5. The highest BCUT2D eigenvalue weighted by Gasteiger charge is 2.15. The smallest absolute Gasteiger partial charge is 0.261 e. The lowest BCUT2D eigenvalue weighted by atomic mass is 10.1. The maximum atomic E-state index is 13.4. The molecule has 0 spiro atoms. The number of H-pyrrole nitrogens is 1. The summed E-state index contributed by atoms with van der Waals surface area (Å²) in [5.74, 6) is 0.309. The zero-order valence-electron chi connectivity index (χ0n) is 15.6. The highest BCUT2D eigenvalue weighted by atomic mass is 32.2. The summed E-state index contributed by atoms with van der Waals surface area (Å²) < 4.78 is 46.8. The Bertz CT molecular complexity index is 1260. The number of aromatic amines is 1. The van der Waals surface area contributed by atoms with Gasteiger partial charge in [0.1, 0.15) is 11.6 Å². The molecule has 0 saturated heterocycles. The average molecular weight is 410 g/mol. The Hall–Kier alpha value is -3.32. The van der Waals surface area contributed by atoms with Gasteiger partial charge in [-0.15, -0.1) is 0 Å². The molecule has 29 heavy (non-hydrogen) atoms. The van der Waals surface area contributed by atoms with Gasteiger partial charge in [-0.3, -0.25) is 4.72 Å². The fourth-order valence-electron chi connectivity index (χ4n) is 3.10. The van der Waals surface area contributed by atoms with Crippen molar-refractivity contribution in [3.05, 3.63) is 78.6 Å². The number of sulfonamides is 1. The van der Waals surface area contributed by atoms with Crippen molar-refractivity contribution in [2.24, 2.45) is 0 Å². The fraction of sp³-hybridized carbons (Fsp3) is 0.0909. The monoisotopic (exact) mass is 410 g/mol. The summed E-state index contributed by atoms with van der Waals surface area (Å²) in [5, 5.41) is 0.750. The first-order valence-electron chi connectivity index (χ1n) is 9.09. The van der Waals surface area contributed by atoms with Gasteiger partial charge in [-0.1, -0.05) is 12.1 Å². The lowest BCUT2D eigenvalue weighted by molar-refractivity contribution is 0.340. The molecule has 0 atom stereocenters. The molecule has 3 aromatic carbocycles. The molecular formula is C22H19FN2O3S. The fourth-order valence-corrected chi connectivity index (χ4v) is 4.15. The van der Waals surface area contributed by atoms with Crippen LogP contribution < -0.4 is 9.46 Å². The molecule has 0 amide bonds. The van der Waals surface area contributed by atoms with Crippen LogP contribution in [0.1, 0.15) is 6.92 Å². The Labute approximate surface area is 168 Å². The third-order valence-electron chi connectivity index (χ3n) is 4.45. The van der Waals surface area contributed by atoms with Crippen LogP contribution in [0.5, 0.6) is 5.75 Å². The molecular weight excluding hydrogens is 391 g/mol. The predicted octanol–water partition coefficient (Wildman–Crippen LogP) is 5.17. The highest BCUT2D eigenvalue weighted by molar-refractivity contribution is 7.92. The highest BCUT2D eigenvalue weighted by Crippen LogP contribution is 2.27. The minimum Gasteiger partial charge on any atom is -0.494 e. The normalized spacial score (nSPS) is 11.5. The predicted molar refractivity (Wildman–Crippen MR) is 112 cm³/mol. The van der Waals surface area contributed by atoms with Gasteiger partial charge in [-0.05, 0) is 67.6 Å². The molecule has 2 N–H and O–H groups in total. The molecule has 0 bridgehead atoms. The van der Waals surface area contributed by atoms with Crippen molar-refractivity contribution in [2.75, 3.05) is 11.3 Å². The van der Waals surface area contributed by atoms with Crippen LogP contribution in [0, 0.1) is 5.82 Å². The lowest BCUT2D eigenvalue weighted by Gasteiger charge is -2.10. The van der Waals surface area contributed by atoms with Crippen molar-refractivity contribution in [1.82, 2.24) is 4.98 Å². The van der Waals surface area contributed by atoms with Crippen LogP contribution in [0.2, 0.25) is 0 Å². The molecule has 0 saturated carbocycles. The van der Waals surface area contributed by atoms with E-state index in [2.05, 4.69) is 9.71 Å². The molecule has 0 aliphatic heterocycles. The second kappa shape index (κ2) is 7.60. The van der Waals surface area contributed by atoms with Crippen LogP contribution in [-0.4, -0.2) is 20.0 Å². The van der Waals surface area contributed by atoms with Gasteiger partial charge in [-0.25, -0.2) is 12.8 Å². The standard InChI is InChI=1S/C22H19FN2O3S/c1-2-28-19-7-9-20(10-8-19)29(26,27)25-18-5-3-4-15(13-18)22-14-16-12-17(23)6-11-21(16)24-22/h3-14,24-25H,2H2,1H3. The third kappa shape index (κ3) is 4.09. The van der Waals surface area contributed by atoms with E-state index in [1.807, 2.05) is 19.1 Å². The summed E-state index contributed by atoms with van der Waals surface area (Å²) in [7, 11) is -3.74. The van der Waals surface area contributed by atoms with E-state index in [-0.39, 0.29) is 10.7 Å². The largest absolute Gasteiger partial charge is 0.494 e. The van der Waals surface area contributed by atoms with Crippen LogP contribution in [0.3, 0.4) is 0 Å². The Morgan fingerprint density at radius 3 is 2.55 bits per heavy atom. The van der Waals surface area contributed by atoms with E-state index in [9.17, 15) is 12.8 Å². The van der Waals surface area contributed by atoms with Gasteiger partial charge < -0.3 is 9.72 Å². The van der Waals surface area contributed by atoms with Gasteiger partial charge in [-0.2, -0.15) is 0 Å². The Morgan fingerprint density at radius 1 is 1.00 bits per heavy atom. The number of hydrogen-bond donors (Lipinski definition) is 2. The minimum atomic E-state index is -3.74. The van der Waals surface area contributed by atoms with Crippen LogP contribution in [0.4, 0.5) is 10.1 Å². The van der Waals surface area contributed by atoms with Gasteiger partial charge in [0.15, 0.2) is 0 Å². The Balaban J connectivity index is 1.60. The molecule has 0 radical (unpaired) electrons. The summed E-state index contributed by atoms with van der Waals surface area (Å²) in [5.41, 5.74) is 2.80. The SMILES string of the molecule is CCOc1ccc(S(=O)(=O)Nc2cccc(-c3cc4cc(F)ccc4[nH]3)c2)cc1. The Morgan fingerprint density at radius 2 is 1.79 bits per heavy atom. The Kier molecular flexibility index (Phi) is 4.98. The van der Waals surface area contributed by atoms with Crippen molar-refractivity contribution in [2.45, 2.75) is 11.8 Å². The van der Waals surface area contributed by atoms with Crippen molar-refractivity contribution in [1.29, 1.82) is 0 Å². The van der Waals surface area contributed by atoms with Gasteiger partial charge in [0, 0.05) is 27.8 Å². The lowest BCUT2D eigenvalue weighted by Crippen LogP contribution is -2.12. The van der Waals surface area contributed by atoms with Gasteiger partial charge >= 0.3 is 0 Å². The molecule has 1 heterocycles. The van der Waals surface area contributed by atoms with E-state index in [0.717, 1.165) is 22.2 Å². The first-order valence-corrected chi connectivity index (χ1v) is 10.6. The molecule has 0 aliphatic rings. The van der Waals surface area contributed by atoms with E-state index in [0.29, 0.717) is 18.0 Å². The number of benzene rings is 3. The average Bonchev–Trinajstić information content (AvgIpc) is 3.12. The number of ether oxygens (including phenoxy) is 1.